The van der Waals surface area contributed by atoms with Crippen molar-refractivity contribution in [2.75, 3.05) is 12.3 Å². The first-order valence-corrected chi connectivity index (χ1v) is 6.89. The van der Waals surface area contributed by atoms with Crippen molar-refractivity contribution in [2.24, 2.45) is 0 Å². The number of hydrogen-bond acceptors (Lipinski definition) is 4. The van der Waals surface area contributed by atoms with Gasteiger partial charge in [0.2, 0.25) is 0 Å². The molecule has 21 heavy (non-hydrogen) atoms. The lowest BCUT2D eigenvalue weighted by atomic mass is 10.1. The average Bonchev–Trinajstić information content (AvgIpc) is 2.44. The minimum atomic E-state index is -0.520. The fraction of sp³-hybridized carbons (Fsp3) is 0.188. The summed E-state index contributed by atoms with van der Waals surface area (Å²) in [5.41, 5.74) is 7.42. The Morgan fingerprint density at radius 3 is 2.52 bits per heavy atom. The van der Waals surface area contributed by atoms with Crippen molar-refractivity contribution >= 4 is 23.3 Å². The molecule has 2 aromatic rings. The van der Waals surface area contributed by atoms with Gasteiger partial charge in [0.1, 0.15) is 11.3 Å². The number of aryl methyl sites for hydroxylation is 1. The van der Waals surface area contributed by atoms with E-state index in [4.69, 9.17) is 26.8 Å². The largest absolute Gasteiger partial charge is 0.462 e. The van der Waals surface area contributed by atoms with Gasteiger partial charge in [-0.3, -0.25) is 0 Å². The first kappa shape index (κ1) is 15.2. The normalized spacial score (nSPS) is 10.2. The molecule has 0 aliphatic carbocycles. The zero-order chi connectivity index (χ0) is 15.4. The molecule has 0 heterocycles. The van der Waals surface area contributed by atoms with Crippen LogP contribution in [-0.4, -0.2) is 12.6 Å². The molecule has 0 bridgehead atoms. The fourth-order valence-corrected chi connectivity index (χ4v) is 2.07. The third kappa shape index (κ3) is 3.67. The van der Waals surface area contributed by atoms with Gasteiger partial charge in [-0.25, -0.2) is 4.79 Å². The number of nitrogens with two attached hydrogens (primary N) is 1. The van der Waals surface area contributed by atoms with Crippen molar-refractivity contribution in [1.82, 2.24) is 0 Å². The van der Waals surface area contributed by atoms with E-state index in [0.717, 1.165) is 5.56 Å². The molecule has 0 spiro atoms. The molecule has 0 aliphatic rings. The zero-order valence-corrected chi connectivity index (χ0v) is 12.6. The zero-order valence-electron chi connectivity index (χ0n) is 11.9. The van der Waals surface area contributed by atoms with Gasteiger partial charge in [0, 0.05) is 5.69 Å². The van der Waals surface area contributed by atoms with E-state index in [0.29, 0.717) is 11.4 Å². The number of ether oxygens (including phenoxy) is 2. The number of anilines is 1. The number of nitrogen functional groups attached to an aromatic ring is 1. The number of halogens is 1. The predicted octanol–water partition coefficient (Wildman–Crippen LogP) is 4.20. The quantitative estimate of drug-likeness (QED) is 0.679. The molecule has 0 fully saturated rings. The predicted molar refractivity (Wildman–Crippen MR) is 83.1 cm³/mol. The second kappa shape index (κ2) is 6.50. The molecule has 0 aliphatic heterocycles. The van der Waals surface area contributed by atoms with Crippen LogP contribution in [0.15, 0.2) is 36.4 Å². The lowest BCUT2D eigenvalue weighted by Gasteiger charge is -2.13. The maximum atomic E-state index is 12.0. The van der Waals surface area contributed by atoms with Gasteiger partial charge in [-0.05, 0) is 38.1 Å². The third-order valence-corrected chi connectivity index (χ3v) is 3.08. The van der Waals surface area contributed by atoms with E-state index in [1.54, 1.807) is 19.1 Å². The average molecular weight is 306 g/mol. The lowest BCUT2D eigenvalue weighted by Crippen LogP contribution is -2.07. The van der Waals surface area contributed by atoms with Crippen LogP contribution in [0.2, 0.25) is 5.02 Å². The second-order valence-electron chi connectivity index (χ2n) is 4.51. The maximum absolute atomic E-state index is 12.0. The van der Waals surface area contributed by atoms with Gasteiger partial charge in [-0.15, -0.1) is 0 Å². The minimum absolute atomic E-state index is 0.211. The van der Waals surface area contributed by atoms with E-state index >= 15 is 0 Å². The van der Waals surface area contributed by atoms with E-state index in [1.807, 2.05) is 19.1 Å². The van der Waals surface area contributed by atoms with Crippen LogP contribution in [0.1, 0.15) is 22.8 Å². The summed E-state index contributed by atoms with van der Waals surface area (Å²) in [5, 5.41) is 0.263. The number of carbonyl (C=O) groups is 1. The first-order chi connectivity index (χ1) is 10.0. The highest BCUT2D eigenvalue weighted by molar-refractivity contribution is 6.33. The maximum Gasteiger partial charge on any atom is 0.342 e. The SMILES string of the molecule is CCOC(=O)c1cc(N)cc(Cl)c1Oc1ccc(C)cc1. The third-order valence-electron chi connectivity index (χ3n) is 2.80. The van der Waals surface area contributed by atoms with Crippen molar-refractivity contribution in [3.05, 3.63) is 52.5 Å². The van der Waals surface area contributed by atoms with Crippen LogP contribution in [0.5, 0.6) is 11.5 Å². The standard InChI is InChI=1S/C16H16ClNO3/c1-3-20-16(19)13-8-11(18)9-14(17)15(13)21-12-6-4-10(2)5-7-12/h4-9H,3,18H2,1-2H3. The van der Waals surface area contributed by atoms with E-state index in [2.05, 4.69) is 0 Å². The van der Waals surface area contributed by atoms with E-state index < -0.39 is 5.97 Å². The highest BCUT2D eigenvalue weighted by Gasteiger charge is 2.19. The fourth-order valence-electron chi connectivity index (χ4n) is 1.80. The van der Waals surface area contributed by atoms with Gasteiger partial charge >= 0.3 is 5.97 Å². The van der Waals surface area contributed by atoms with Crippen LogP contribution in [-0.2, 0) is 4.74 Å². The van der Waals surface area contributed by atoms with Crippen molar-refractivity contribution in [2.45, 2.75) is 13.8 Å². The molecule has 4 nitrogen and oxygen atoms in total. The molecule has 2 N–H and O–H groups in total. The van der Waals surface area contributed by atoms with Gasteiger partial charge in [-0.1, -0.05) is 29.3 Å². The molecule has 0 saturated carbocycles. The summed E-state index contributed by atoms with van der Waals surface area (Å²) in [6.07, 6.45) is 0. The van der Waals surface area contributed by atoms with Crippen molar-refractivity contribution in [1.29, 1.82) is 0 Å². The Morgan fingerprint density at radius 2 is 1.90 bits per heavy atom. The minimum Gasteiger partial charge on any atom is -0.462 e. The van der Waals surface area contributed by atoms with Gasteiger partial charge in [0.05, 0.1) is 11.6 Å². The van der Waals surface area contributed by atoms with Gasteiger partial charge in [0.25, 0.3) is 0 Å². The van der Waals surface area contributed by atoms with Crippen molar-refractivity contribution in [3.63, 3.8) is 0 Å². The summed E-state index contributed by atoms with van der Waals surface area (Å²) < 4.78 is 10.7. The van der Waals surface area contributed by atoms with Crippen LogP contribution in [0.4, 0.5) is 5.69 Å². The molecule has 0 radical (unpaired) electrons. The Balaban J connectivity index is 2.41. The molecule has 0 atom stereocenters. The van der Waals surface area contributed by atoms with Crippen LogP contribution < -0.4 is 10.5 Å². The summed E-state index contributed by atoms with van der Waals surface area (Å²) in [4.78, 5) is 12.0. The van der Waals surface area contributed by atoms with Gasteiger partial charge in [-0.2, -0.15) is 0 Å². The second-order valence-corrected chi connectivity index (χ2v) is 4.92. The summed E-state index contributed by atoms with van der Waals surface area (Å²) in [6, 6.07) is 10.4. The highest BCUT2D eigenvalue weighted by atomic mass is 35.5. The molecular formula is C16H16ClNO3. The van der Waals surface area contributed by atoms with Crippen LogP contribution in [0.25, 0.3) is 0 Å². The topological polar surface area (TPSA) is 61.5 Å². The molecule has 2 aromatic carbocycles. The van der Waals surface area contributed by atoms with Gasteiger partial charge in [0.15, 0.2) is 5.75 Å². The molecular weight excluding hydrogens is 290 g/mol. The van der Waals surface area contributed by atoms with Crippen molar-refractivity contribution in [3.8, 4) is 11.5 Å². The highest BCUT2D eigenvalue weighted by Crippen LogP contribution is 2.35. The molecule has 2 rings (SSSR count). The monoisotopic (exact) mass is 305 g/mol. The summed E-state index contributed by atoms with van der Waals surface area (Å²) in [5.74, 6) is 0.305. The van der Waals surface area contributed by atoms with Crippen LogP contribution in [0.3, 0.4) is 0 Å². The Morgan fingerprint density at radius 1 is 1.24 bits per heavy atom. The number of esters is 1. The molecule has 5 heteroatoms. The molecule has 0 aromatic heterocycles. The Bertz CT molecular complexity index is 653. The van der Waals surface area contributed by atoms with E-state index in [-0.39, 0.29) is 22.9 Å². The molecule has 0 amide bonds. The molecule has 110 valence electrons. The van der Waals surface area contributed by atoms with Gasteiger partial charge < -0.3 is 15.2 Å². The van der Waals surface area contributed by atoms with Crippen molar-refractivity contribution < 1.29 is 14.3 Å². The summed E-state index contributed by atoms with van der Waals surface area (Å²) in [6.45, 7) is 3.96. The summed E-state index contributed by atoms with van der Waals surface area (Å²) in [7, 11) is 0. The number of hydrogen-bond donors (Lipinski definition) is 1. The van der Waals surface area contributed by atoms with E-state index in [9.17, 15) is 4.79 Å². The molecule has 0 saturated heterocycles. The summed E-state index contributed by atoms with van der Waals surface area (Å²) >= 11 is 6.15. The smallest absolute Gasteiger partial charge is 0.342 e. The first-order valence-electron chi connectivity index (χ1n) is 6.52. The Labute approximate surface area is 128 Å². The Kier molecular flexibility index (Phi) is 4.70. The lowest BCUT2D eigenvalue weighted by molar-refractivity contribution is 0.0523. The van der Waals surface area contributed by atoms with E-state index in [1.165, 1.54) is 12.1 Å². The van der Waals surface area contributed by atoms with Crippen LogP contribution in [0, 0.1) is 6.92 Å². The number of carbonyl (C=O) groups excluding carboxylic acids is 1. The number of benzene rings is 2. The molecule has 0 unspecified atom stereocenters. The Hall–Kier alpha value is -2.20. The number of rotatable bonds is 4. The van der Waals surface area contributed by atoms with Crippen LogP contribution >= 0.6 is 11.6 Å².